The normalized spacial score (nSPS) is 14.8. The van der Waals surface area contributed by atoms with Gasteiger partial charge < -0.3 is 4.74 Å². The van der Waals surface area contributed by atoms with E-state index >= 15 is 0 Å². The maximum Gasteiger partial charge on any atom is 0.266 e. The molecule has 0 atom stereocenters. The summed E-state index contributed by atoms with van der Waals surface area (Å²) in [7, 11) is 0. The van der Waals surface area contributed by atoms with Gasteiger partial charge in [-0.05, 0) is 31.0 Å². The van der Waals surface area contributed by atoms with Crippen molar-refractivity contribution in [1.82, 2.24) is 5.43 Å². The lowest BCUT2D eigenvalue weighted by molar-refractivity contribution is 0.0954. The number of carbonyl (C=O) groups excluding carboxylic acids is 1. The molecule has 0 unspecified atom stereocenters. The molecule has 2 rings (SSSR count). The topological polar surface area (TPSA) is 64.3 Å². The first-order valence-electron chi connectivity index (χ1n) is 4.68. The summed E-state index contributed by atoms with van der Waals surface area (Å²) in [5.41, 5.74) is 2.38. The third-order valence-electron chi connectivity index (χ3n) is 2.14. The van der Waals surface area contributed by atoms with Gasteiger partial charge in [0.25, 0.3) is 5.91 Å². The van der Waals surface area contributed by atoms with Crippen LogP contribution in [-0.2, 0) is 0 Å². The van der Waals surface area contributed by atoms with Gasteiger partial charge in [-0.3, -0.25) is 10.2 Å². The molecule has 0 aromatic heterocycles. The first-order valence-corrected chi connectivity index (χ1v) is 5.05. The number of benzene rings is 1. The molecule has 15 heavy (non-hydrogen) atoms. The molecule has 0 aliphatic heterocycles. The van der Waals surface area contributed by atoms with E-state index in [-0.39, 0.29) is 0 Å². The molecule has 1 saturated carbocycles. The van der Waals surface area contributed by atoms with Gasteiger partial charge in [-0.15, -0.1) is 0 Å². The third-order valence-corrected chi connectivity index (χ3v) is 2.46. The molecular formula is C10H11ClN2O2. The van der Waals surface area contributed by atoms with E-state index in [9.17, 15) is 4.79 Å². The second-order valence-electron chi connectivity index (χ2n) is 3.43. The number of rotatable bonds is 3. The fraction of sp³-hybridized carbons (Fsp3) is 0.300. The van der Waals surface area contributed by atoms with Gasteiger partial charge in [0.05, 0.1) is 16.7 Å². The minimum Gasteiger partial charge on any atom is -0.490 e. The molecule has 0 spiro atoms. The number of carbonyl (C=O) groups is 1. The lowest BCUT2D eigenvalue weighted by Gasteiger charge is -2.07. The number of halogens is 1. The first-order chi connectivity index (χ1) is 7.20. The van der Waals surface area contributed by atoms with Crippen LogP contribution in [0.1, 0.15) is 23.2 Å². The maximum atomic E-state index is 11.2. The molecule has 1 amide bonds. The van der Waals surface area contributed by atoms with E-state index in [1.54, 1.807) is 18.2 Å². The Labute approximate surface area is 92.3 Å². The lowest BCUT2D eigenvalue weighted by atomic mass is 10.2. The number of hydrogen-bond acceptors (Lipinski definition) is 3. The average molecular weight is 227 g/mol. The zero-order chi connectivity index (χ0) is 10.8. The van der Waals surface area contributed by atoms with Gasteiger partial charge in [-0.1, -0.05) is 11.6 Å². The van der Waals surface area contributed by atoms with Gasteiger partial charge >= 0.3 is 0 Å². The molecule has 1 aromatic carbocycles. The van der Waals surface area contributed by atoms with Crippen molar-refractivity contribution in [3.05, 3.63) is 28.8 Å². The van der Waals surface area contributed by atoms with Crippen molar-refractivity contribution in [2.75, 3.05) is 0 Å². The van der Waals surface area contributed by atoms with Crippen molar-refractivity contribution in [2.24, 2.45) is 5.84 Å². The highest BCUT2D eigenvalue weighted by molar-refractivity contribution is 6.34. The van der Waals surface area contributed by atoms with Crippen LogP contribution < -0.4 is 16.0 Å². The van der Waals surface area contributed by atoms with Gasteiger partial charge in [0.15, 0.2) is 0 Å². The Morgan fingerprint density at radius 3 is 2.80 bits per heavy atom. The summed E-state index contributed by atoms with van der Waals surface area (Å²) in [6.07, 6.45) is 2.49. The van der Waals surface area contributed by atoms with Crippen LogP contribution in [0.5, 0.6) is 5.75 Å². The van der Waals surface area contributed by atoms with Crippen LogP contribution >= 0.6 is 11.6 Å². The first kappa shape index (κ1) is 10.3. The van der Waals surface area contributed by atoms with E-state index in [0.717, 1.165) is 12.8 Å². The van der Waals surface area contributed by atoms with E-state index in [2.05, 4.69) is 0 Å². The summed E-state index contributed by atoms with van der Waals surface area (Å²) in [6.45, 7) is 0. The summed E-state index contributed by atoms with van der Waals surface area (Å²) in [5, 5.41) is 0.344. The Morgan fingerprint density at radius 2 is 2.27 bits per heavy atom. The molecule has 0 saturated heterocycles. The molecule has 80 valence electrons. The van der Waals surface area contributed by atoms with Gasteiger partial charge in [-0.25, -0.2) is 5.84 Å². The molecule has 5 heteroatoms. The second-order valence-corrected chi connectivity index (χ2v) is 3.84. The smallest absolute Gasteiger partial charge is 0.266 e. The molecule has 1 aromatic rings. The van der Waals surface area contributed by atoms with Crippen molar-refractivity contribution in [3.8, 4) is 5.75 Å². The number of nitrogens with two attached hydrogens (primary N) is 1. The zero-order valence-electron chi connectivity index (χ0n) is 8.00. The second kappa shape index (κ2) is 4.08. The van der Waals surface area contributed by atoms with Crippen LogP contribution in [0.4, 0.5) is 0 Å². The summed E-state index contributed by atoms with van der Waals surface area (Å²) in [4.78, 5) is 11.2. The molecule has 0 bridgehead atoms. The van der Waals surface area contributed by atoms with E-state index in [1.165, 1.54) is 0 Å². The SMILES string of the molecule is NNC(=O)c1ccc(OC2CC2)cc1Cl. The number of nitrogens with one attached hydrogen (secondary N) is 1. The van der Waals surface area contributed by atoms with Gasteiger partial charge in [-0.2, -0.15) is 0 Å². The number of nitrogen functional groups attached to an aromatic ring is 1. The van der Waals surface area contributed by atoms with Crippen molar-refractivity contribution in [1.29, 1.82) is 0 Å². The summed E-state index contributed by atoms with van der Waals surface area (Å²) in [6, 6.07) is 4.95. The fourth-order valence-electron chi connectivity index (χ4n) is 1.21. The standard InChI is InChI=1S/C10H11ClN2O2/c11-9-5-7(15-6-1-2-6)3-4-8(9)10(14)13-12/h3-6H,1-2,12H2,(H,13,14). The van der Waals surface area contributed by atoms with E-state index in [1.807, 2.05) is 5.43 Å². The van der Waals surface area contributed by atoms with Crippen LogP contribution in [0.25, 0.3) is 0 Å². The van der Waals surface area contributed by atoms with Crippen molar-refractivity contribution < 1.29 is 9.53 Å². The van der Waals surface area contributed by atoms with Gasteiger partial charge in [0.2, 0.25) is 0 Å². The fourth-order valence-corrected chi connectivity index (χ4v) is 1.47. The highest BCUT2D eigenvalue weighted by Crippen LogP contribution is 2.29. The maximum absolute atomic E-state index is 11.2. The Morgan fingerprint density at radius 1 is 1.53 bits per heavy atom. The molecule has 0 radical (unpaired) electrons. The summed E-state index contributed by atoms with van der Waals surface area (Å²) < 4.78 is 5.53. The van der Waals surface area contributed by atoms with E-state index in [0.29, 0.717) is 22.4 Å². The summed E-state index contributed by atoms with van der Waals surface area (Å²) >= 11 is 5.91. The molecule has 1 fully saturated rings. The van der Waals surface area contributed by atoms with Crippen molar-refractivity contribution >= 4 is 17.5 Å². The molecular weight excluding hydrogens is 216 g/mol. The van der Waals surface area contributed by atoms with Crippen LogP contribution in [0, 0.1) is 0 Å². The molecule has 1 aliphatic rings. The van der Waals surface area contributed by atoms with Gasteiger partial charge in [0.1, 0.15) is 5.75 Å². The minimum atomic E-state index is -0.405. The van der Waals surface area contributed by atoms with Crippen LogP contribution in [0.15, 0.2) is 18.2 Å². The average Bonchev–Trinajstić information content (AvgIpc) is 3.01. The highest BCUT2D eigenvalue weighted by Gasteiger charge is 2.23. The van der Waals surface area contributed by atoms with Crippen LogP contribution in [0.2, 0.25) is 5.02 Å². The Balaban J connectivity index is 2.17. The van der Waals surface area contributed by atoms with Crippen LogP contribution in [-0.4, -0.2) is 12.0 Å². The predicted octanol–water partition coefficient (Wildman–Crippen LogP) is 1.48. The Bertz CT molecular complexity index is 391. The third kappa shape index (κ3) is 2.40. The molecule has 1 aliphatic carbocycles. The van der Waals surface area contributed by atoms with Crippen LogP contribution in [0.3, 0.4) is 0 Å². The minimum absolute atomic E-state index is 0.315. The zero-order valence-corrected chi connectivity index (χ0v) is 8.75. The number of hydrazine groups is 1. The monoisotopic (exact) mass is 226 g/mol. The Hall–Kier alpha value is -1.26. The van der Waals surface area contributed by atoms with E-state index in [4.69, 9.17) is 22.2 Å². The van der Waals surface area contributed by atoms with Gasteiger partial charge in [0, 0.05) is 0 Å². The molecule has 0 heterocycles. The van der Waals surface area contributed by atoms with E-state index < -0.39 is 5.91 Å². The number of ether oxygens (including phenoxy) is 1. The summed E-state index contributed by atoms with van der Waals surface area (Å²) in [5.74, 6) is 5.30. The van der Waals surface area contributed by atoms with Crippen molar-refractivity contribution in [2.45, 2.75) is 18.9 Å². The number of hydrogen-bond donors (Lipinski definition) is 2. The lowest BCUT2D eigenvalue weighted by Crippen LogP contribution is -2.30. The predicted molar refractivity (Wildman–Crippen MR) is 56.8 cm³/mol. The Kier molecular flexibility index (Phi) is 2.79. The van der Waals surface area contributed by atoms with Crippen molar-refractivity contribution in [3.63, 3.8) is 0 Å². The molecule has 4 nitrogen and oxygen atoms in total. The molecule has 3 N–H and O–H groups in total. The largest absolute Gasteiger partial charge is 0.490 e. The quantitative estimate of drug-likeness (QED) is 0.466. The number of amides is 1. The highest BCUT2D eigenvalue weighted by atomic mass is 35.5.